The SMILES string of the molecule is Brc1cccc(OCCN2CCC(C3CCCN3)CC2)c1. The number of likely N-dealkylation sites (tertiary alicyclic amines) is 1. The second-order valence-electron chi connectivity index (χ2n) is 6.19. The van der Waals surface area contributed by atoms with E-state index in [0.29, 0.717) is 0 Å². The molecule has 1 N–H and O–H groups in total. The second-order valence-corrected chi connectivity index (χ2v) is 7.10. The standard InChI is InChI=1S/C17H25BrN2O/c18-15-3-1-4-16(13-15)21-12-11-20-9-6-14(7-10-20)17-5-2-8-19-17/h1,3-4,13-14,17,19H,2,5-12H2. The van der Waals surface area contributed by atoms with Crippen LogP contribution in [0.3, 0.4) is 0 Å². The minimum atomic E-state index is 0.781. The predicted molar refractivity (Wildman–Crippen MR) is 89.8 cm³/mol. The van der Waals surface area contributed by atoms with Crippen LogP contribution in [0.2, 0.25) is 0 Å². The Balaban J connectivity index is 1.35. The first-order valence-electron chi connectivity index (χ1n) is 8.15. The number of piperidine rings is 1. The Hall–Kier alpha value is -0.580. The Morgan fingerprint density at radius 2 is 2.10 bits per heavy atom. The molecule has 0 bridgehead atoms. The van der Waals surface area contributed by atoms with Gasteiger partial charge in [0.05, 0.1) is 0 Å². The summed E-state index contributed by atoms with van der Waals surface area (Å²) in [4.78, 5) is 2.55. The molecular weight excluding hydrogens is 328 g/mol. The average Bonchev–Trinajstić information content (AvgIpc) is 3.02. The lowest BCUT2D eigenvalue weighted by atomic mass is 9.88. The third-order valence-corrected chi connectivity index (χ3v) is 5.27. The molecule has 0 aromatic heterocycles. The molecule has 1 unspecified atom stereocenters. The first-order chi connectivity index (χ1) is 10.3. The van der Waals surface area contributed by atoms with Crippen LogP contribution in [0.25, 0.3) is 0 Å². The lowest BCUT2D eigenvalue weighted by Gasteiger charge is -2.34. The van der Waals surface area contributed by atoms with E-state index in [4.69, 9.17) is 4.74 Å². The second kappa shape index (κ2) is 7.61. The van der Waals surface area contributed by atoms with Gasteiger partial charge in [0.1, 0.15) is 12.4 Å². The molecule has 21 heavy (non-hydrogen) atoms. The summed E-state index contributed by atoms with van der Waals surface area (Å²) in [6.45, 7) is 5.50. The summed E-state index contributed by atoms with van der Waals surface area (Å²) in [6.07, 6.45) is 5.44. The van der Waals surface area contributed by atoms with Crippen molar-refractivity contribution < 1.29 is 4.74 Å². The summed E-state index contributed by atoms with van der Waals surface area (Å²) in [7, 11) is 0. The molecule has 116 valence electrons. The van der Waals surface area contributed by atoms with Gasteiger partial charge in [0, 0.05) is 17.1 Å². The van der Waals surface area contributed by atoms with Crippen molar-refractivity contribution in [2.75, 3.05) is 32.8 Å². The van der Waals surface area contributed by atoms with E-state index >= 15 is 0 Å². The minimum absolute atomic E-state index is 0.781. The van der Waals surface area contributed by atoms with E-state index in [0.717, 1.165) is 35.3 Å². The molecule has 2 saturated heterocycles. The van der Waals surface area contributed by atoms with E-state index < -0.39 is 0 Å². The Bertz CT molecular complexity index is 440. The van der Waals surface area contributed by atoms with E-state index in [1.807, 2.05) is 24.3 Å². The van der Waals surface area contributed by atoms with Crippen molar-refractivity contribution in [3.8, 4) is 5.75 Å². The quantitative estimate of drug-likeness (QED) is 0.879. The van der Waals surface area contributed by atoms with Gasteiger partial charge in [0.15, 0.2) is 0 Å². The Morgan fingerprint density at radius 3 is 2.81 bits per heavy atom. The third-order valence-electron chi connectivity index (χ3n) is 4.77. The summed E-state index contributed by atoms with van der Waals surface area (Å²) in [5.74, 6) is 1.85. The molecule has 0 radical (unpaired) electrons. The van der Waals surface area contributed by atoms with Gasteiger partial charge < -0.3 is 10.1 Å². The number of nitrogens with one attached hydrogen (secondary N) is 1. The van der Waals surface area contributed by atoms with Gasteiger partial charge in [0.25, 0.3) is 0 Å². The summed E-state index contributed by atoms with van der Waals surface area (Å²) in [5, 5.41) is 3.66. The number of hydrogen-bond acceptors (Lipinski definition) is 3. The smallest absolute Gasteiger partial charge is 0.120 e. The number of rotatable bonds is 5. The molecule has 1 aromatic rings. The highest BCUT2D eigenvalue weighted by atomic mass is 79.9. The van der Waals surface area contributed by atoms with Crippen LogP contribution >= 0.6 is 15.9 Å². The maximum Gasteiger partial charge on any atom is 0.120 e. The fraction of sp³-hybridized carbons (Fsp3) is 0.647. The van der Waals surface area contributed by atoms with E-state index in [9.17, 15) is 0 Å². The number of halogens is 1. The highest BCUT2D eigenvalue weighted by Crippen LogP contribution is 2.25. The van der Waals surface area contributed by atoms with E-state index in [2.05, 4.69) is 26.1 Å². The van der Waals surface area contributed by atoms with Crippen molar-refractivity contribution in [3.63, 3.8) is 0 Å². The topological polar surface area (TPSA) is 24.5 Å². The van der Waals surface area contributed by atoms with Crippen molar-refractivity contribution in [2.24, 2.45) is 5.92 Å². The zero-order chi connectivity index (χ0) is 14.5. The Kier molecular flexibility index (Phi) is 5.55. The molecule has 2 fully saturated rings. The molecule has 2 aliphatic heterocycles. The fourth-order valence-electron chi connectivity index (χ4n) is 3.54. The first kappa shape index (κ1) is 15.3. The van der Waals surface area contributed by atoms with E-state index in [1.54, 1.807) is 0 Å². The molecule has 1 atom stereocenters. The molecule has 0 amide bonds. The van der Waals surface area contributed by atoms with E-state index in [-0.39, 0.29) is 0 Å². The molecule has 1 aromatic carbocycles. The van der Waals surface area contributed by atoms with Crippen molar-refractivity contribution >= 4 is 15.9 Å². The third kappa shape index (κ3) is 4.44. The number of ether oxygens (including phenoxy) is 1. The van der Waals surface area contributed by atoms with Crippen molar-refractivity contribution in [2.45, 2.75) is 31.7 Å². The summed E-state index contributed by atoms with van der Waals surface area (Å²) < 4.78 is 6.91. The average molecular weight is 353 g/mol. The highest BCUT2D eigenvalue weighted by Gasteiger charge is 2.28. The summed E-state index contributed by atoms with van der Waals surface area (Å²) >= 11 is 3.47. The maximum absolute atomic E-state index is 5.83. The van der Waals surface area contributed by atoms with Crippen molar-refractivity contribution in [1.82, 2.24) is 10.2 Å². The molecule has 3 nitrogen and oxygen atoms in total. The van der Waals surface area contributed by atoms with Crippen molar-refractivity contribution in [1.29, 1.82) is 0 Å². The molecule has 4 heteroatoms. The van der Waals surface area contributed by atoms with Gasteiger partial charge in [-0.25, -0.2) is 0 Å². The molecule has 3 rings (SSSR count). The van der Waals surface area contributed by atoms with Crippen LogP contribution in [0, 0.1) is 5.92 Å². The number of hydrogen-bond donors (Lipinski definition) is 1. The Morgan fingerprint density at radius 1 is 1.24 bits per heavy atom. The predicted octanol–water partition coefficient (Wildman–Crippen LogP) is 3.29. The molecule has 0 aliphatic carbocycles. The zero-order valence-electron chi connectivity index (χ0n) is 12.6. The lowest BCUT2D eigenvalue weighted by molar-refractivity contribution is 0.141. The zero-order valence-corrected chi connectivity index (χ0v) is 14.1. The van der Waals surface area contributed by atoms with Crippen LogP contribution in [-0.4, -0.2) is 43.7 Å². The molecule has 0 spiro atoms. The largest absolute Gasteiger partial charge is 0.492 e. The first-order valence-corrected chi connectivity index (χ1v) is 8.95. The van der Waals surface area contributed by atoms with E-state index in [1.165, 1.54) is 45.3 Å². The van der Waals surface area contributed by atoms with Crippen LogP contribution in [0.4, 0.5) is 0 Å². The van der Waals surface area contributed by atoms with Gasteiger partial charge in [-0.15, -0.1) is 0 Å². The lowest BCUT2D eigenvalue weighted by Crippen LogP contribution is -2.42. The monoisotopic (exact) mass is 352 g/mol. The van der Waals surface area contributed by atoms with Crippen LogP contribution in [0.5, 0.6) is 5.75 Å². The van der Waals surface area contributed by atoms with Crippen molar-refractivity contribution in [3.05, 3.63) is 28.7 Å². The van der Waals surface area contributed by atoms with Crippen LogP contribution in [0.1, 0.15) is 25.7 Å². The molecule has 2 aliphatic rings. The normalized spacial score (nSPS) is 24.3. The molecule has 0 saturated carbocycles. The highest BCUT2D eigenvalue weighted by molar-refractivity contribution is 9.10. The minimum Gasteiger partial charge on any atom is -0.492 e. The number of nitrogens with zero attached hydrogens (tertiary/aromatic N) is 1. The van der Waals surface area contributed by atoms with Gasteiger partial charge in [-0.05, 0) is 69.4 Å². The number of benzene rings is 1. The Labute approximate surface area is 136 Å². The summed E-state index contributed by atoms with van der Waals surface area (Å²) in [5.41, 5.74) is 0. The fourth-order valence-corrected chi connectivity index (χ4v) is 3.92. The maximum atomic E-state index is 5.83. The molecular formula is C17H25BrN2O. The van der Waals surface area contributed by atoms with Crippen LogP contribution in [-0.2, 0) is 0 Å². The van der Waals surface area contributed by atoms with Crippen LogP contribution in [0.15, 0.2) is 28.7 Å². The summed E-state index contributed by atoms with van der Waals surface area (Å²) in [6, 6.07) is 8.87. The van der Waals surface area contributed by atoms with Gasteiger partial charge in [-0.1, -0.05) is 22.0 Å². The molecule has 2 heterocycles. The van der Waals surface area contributed by atoms with Gasteiger partial charge in [-0.3, -0.25) is 4.90 Å². The van der Waals surface area contributed by atoms with Gasteiger partial charge >= 0.3 is 0 Å². The van der Waals surface area contributed by atoms with Crippen LogP contribution < -0.4 is 10.1 Å². The van der Waals surface area contributed by atoms with Gasteiger partial charge in [-0.2, -0.15) is 0 Å². The van der Waals surface area contributed by atoms with Gasteiger partial charge in [0.2, 0.25) is 0 Å².